The second-order valence-corrected chi connectivity index (χ2v) is 7.64. The van der Waals surface area contributed by atoms with Gasteiger partial charge >= 0.3 is 0 Å². The molecule has 1 N–H and O–H groups in total. The third-order valence-corrected chi connectivity index (χ3v) is 5.70. The predicted molar refractivity (Wildman–Crippen MR) is 86.2 cm³/mol. The van der Waals surface area contributed by atoms with Crippen molar-refractivity contribution in [1.29, 1.82) is 0 Å². The Labute approximate surface area is 136 Å². The van der Waals surface area contributed by atoms with Crippen LogP contribution in [0.1, 0.15) is 39.0 Å². The SMILES string of the molecule is CN(C)C(=O)C1(C2C=CC(Cl)=C(Cl)C2)CCC(C)(O)CC1. The maximum Gasteiger partial charge on any atom is 0.228 e. The summed E-state index contributed by atoms with van der Waals surface area (Å²) < 4.78 is 0. The lowest BCUT2D eigenvalue weighted by Crippen LogP contribution is -2.50. The molecular weight excluding hydrogens is 309 g/mol. The fourth-order valence-corrected chi connectivity index (χ4v) is 3.83. The van der Waals surface area contributed by atoms with Gasteiger partial charge in [0.15, 0.2) is 0 Å². The van der Waals surface area contributed by atoms with Gasteiger partial charge in [-0.3, -0.25) is 4.79 Å². The zero-order chi connectivity index (χ0) is 15.8. The highest BCUT2D eigenvalue weighted by Crippen LogP contribution is 2.51. The van der Waals surface area contributed by atoms with E-state index in [1.165, 1.54) is 0 Å². The van der Waals surface area contributed by atoms with Gasteiger partial charge in [-0.15, -0.1) is 0 Å². The maximum absolute atomic E-state index is 12.8. The van der Waals surface area contributed by atoms with Crippen LogP contribution >= 0.6 is 23.2 Å². The smallest absolute Gasteiger partial charge is 0.228 e. The van der Waals surface area contributed by atoms with Crippen LogP contribution < -0.4 is 0 Å². The Kier molecular flexibility index (Phi) is 4.77. The summed E-state index contributed by atoms with van der Waals surface area (Å²) in [6.07, 6.45) is 7.02. The van der Waals surface area contributed by atoms with Crippen molar-refractivity contribution in [1.82, 2.24) is 4.90 Å². The molecule has 3 nitrogen and oxygen atoms in total. The number of nitrogens with zero attached hydrogens (tertiary/aromatic N) is 1. The monoisotopic (exact) mass is 331 g/mol. The topological polar surface area (TPSA) is 40.5 Å². The van der Waals surface area contributed by atoms with Crippen LogP contribution in [-0.2, 0) is 4.79 Å². The lowest BCUT2D eigenvalue weighted by Gasteiger charge is -2.47. The van der Waals surface area contributed by atoms with E-state index in [-0.39, 0.29) is 11.8 Å². The molecule has 0 heterocycles. The van der Waals surface area contributed by atoms with E-state index in [1.54, 1.807) is 25.1 Å². The standard InChI is InChI=1S/C16H23Cl2NO2/c1-15(21)6-8-16(9-7-15,14(20)19(2)3)11-4-5-12(17)13(18)10-11/h4-5,11,21H,6-10H2,1-3H3. The van der Waals surface area contributed by atoms with E-state index in [4.69, 9.17) is 23.2 Å². The van der Waals surface area contributed by atoms with Gasteiger partial charge in [-0.1, -0.05) is 29.3 Å². The summed E-state index contributed by atoms with van der Waals surface area (Å²) in [6.45, 7) is 1.84. The summed E-state index contributed by atoms with van der Waals surface area (Å²) in [7, 11) is 3.57. The number of carbonyl (C=O) groups excluding carboxylic acids is 1. The Hall–Kier alpha value is -0.510. The van der Waals surface area contributed by atoms with Gasteiger partial charge in [0.25, 0.3) is 0 Å². The second-order valence-electron chi connectivity index (χ2n) is 6.78. The van der Waals surface area contributed by atoms with Gasteiger partial charge in [0.1, 0.15) is 0 Å². The van der Waals surface area contributed by atoms with Gasteiger partial charge in [0.05, 0.1) is 16.0 Å². The Morgan fingerprint density at radius 3 is 2.33 bits per heavy atom. The molecule has 21 heavy (non-hydrogen) atoms. The Bertz CT molecular complexity index is 485. The Morgan fingerprint density at radius 1 is 1.29 bits per heavy atom. The maximum atomic E-state index is 12.8. The summed E-state index contributed by atoms with van der Waals surface area (Å²) in [5, 5.41) is 11.4. The van der Waals surface area contributed by atoms with Crippen LogP contribution in [0.15, 0.2) is 22.2 Å². The first-order valence-corrected chi connectivity index (χ1v) is 8.10. The minimum atomic E-state index is -0.675. The van der Waals surface area contributed by atoms with Crippen molar-refractivity contribution in [3.05, 3.63) is 22.2 Å². The molecule has 1 fully saturated rings. The van der Waals surface area contributed by atoms with E-state index in [0.717, 1.165) is 0 Å². The number of aliphatic hydroxyl groups is 1. The number of carbonyl (C=O) groups is 1. The van der Waals surface area contributed by atoms with Gasteiger partial charge < -0.3 is 10.0 Å². The highest BCUT2D eigenvalue weighted by Gasteiger charge is 2.50. The lowest BCUT2D eigenvalue weighted by atomic mass is 9.60. The molecule has 0 radical (unpaired) electrons. The van der Waals surface area contributed by atoms with Crippen LogP contribution in [0.3, 0.4) is 0 Å². The molecule has 118 valence electrons. The summed E-state index contributed by atoms with van der Waals surface area (Å²) >= 11 is 12.2. The fourth-order valence-electron chi connectivity index (χ4n) is 3.45. The highest BCUT2D eigenvalue weighted by atomic mass is 35.5. The molecule has 1 saturated carbocycles. The number of halogens is 2. The first-order chi connectivity index (χ1) is 9.68. The molecule has 0 spiro atoms. The lowest BCUT2D eigenvalue weighted by molar-refractivity contribution is -0.148. The van der Waals surface area contributed by atoms with Crippen molar-refractivity contribution in [2.75, 3.05) is 14.1 Å². The number of allylic oxidation sites excluding steroid dienone is 4. The van der Waals surface area contributed by atoms with Crippen LogP contribution in [0, 0.1) is 11.3 Å². The summed E-state index contributed by atoms with van der Waals surface area (Å²) in [4.78, 5) is 14.5. The molecule has 2 aliphatic rings. The van der Waals surface area contributed by atoms with Crippen LogP contribution in [-0.4, -0.2) is 35.6 Å². The largest absolute Gasteiger partial charge is 0.390 e. The van der Waals surface area contributed by atoms with Crippen molar-refractivity contribution >= 4 is 29.1 Å². The quantitative estimate of drug-likeness (QED) is 0.838. The zero-order valence-corrected chi connectivity index (χ0v) is 14.3. The molecule has 0 bridgehead atoms. The molecule has 1 amide bonds. The number of rotatable bonds is 2. The van der Waals surface area contributed by atoms with Crippen molar-refractivity contribution in [3.63, 3.8) is 0 Å². The normalized spacial score (nSPS) is 36.8. The Balaban J connectivity index is 2.31. The summed E-state index contributed by atoms with van der Waals surface area (Å²) in [6, 6.07) is 0. The van der Waals surface area contributed by atoms with Crippen molar-refractivity contribution in [2.45, 2.75) is 44.6 Å². The number of hydrogen-bond donors (Lipinski definition) is 1. The van der Waals surface area contributed by atoms with Crippen LogP contribution in [0.4, 0.5) is 0 Å². The van der Waals surface area contributed by atoms with E-state index in [1.807, 2.05) is 13.0 Å². The van der Waals surface area contributed by atoms with Crippen molar-refractivity contribution in [3.8, 4) is 0 Å². The molecule has 2 aliphatic carbocycles. The minimum Gasteiger partial charge on any atom is -0.390 e. The molecule has 1 unspecified atom stereocenters. The predicted octanol–water partition coefficient (Wildman–Crippen LogP) is 3.65. The molecule has 5 heteroatoms. The molecular formula is C16H23Cl2NO2. The highest BCUT2D eigenvalue weighted by molar-refractivity contribution is 6.40. The minimum absolute atomic E-state index is 0.0403. The van der Waals surface area contributed by atoms with Crippen LogP contribution in [0.2, 0.25) is 0 Å². The van der Waals surface area contributed by atoms with E-state index in [9.17, 15) is 9.90 Å². The molecule has 0 aromatic rings. The molecule has 1 atom stereocenters. The second kappa shape index (κ2) is 5.94. The van der Waals surface area contributed by atoms with Crippen LogP contribution in [0.5, 0.6) is 0 Å². The van der Waals surface area contributed by atoms with Crippen LogP contribution in [0.25, 0.3) is 0 Å². The Morgan fingerprint density at radius 2 is 1.86 bits per heavy atom. The van der Waals surface area contributed by atoms with Gasteiger partial charge in [-0.2, -0.15) is 0 Å². The first-order valence-electron chi connectivity index (χ1n) is 7.34. The zero-order valence-electron chi connectivity index (χ0n) is 12.8. The molecule has 0 aromatic carbocycles. The summed E-state index contributed by atoms with van der Waals surface area (Å²) in [5.74, 6) is 0.161. The van der Waals surface area contributed by atoms with Crippen molar-refractivity contribution < 1.29 is 9.90 Å². The third-order valence-electron chi connectivity index (χ3n) is 4.89. The molecule has 0 saturated heterocycles. The average Bonchev–Trinajstić information content (AvgIpc) is 2.42. The number of hydrogen-bond acceptors (Lipinski definition) is 2. The first kappa shape index (κ1) is 16.9. The van der Waals surface area contributed by atoms with E-state index in [2.05, 4.69) is 0 Å². The third kappa shape index (κ3) is 3.30. The fraction of sp³-hybridized carbons (Fsp3) is 0.688. The van der Waals surface area contributed by atoms with E-state index >= 15 is 0 Å². The molecule has 0 aromatic heterocycles. The van der Waals surface area contributed by atoms with E-state index in [0.29, 0.717) is 42.2 Å². The number of amides is 1. The van der Waals surface area contributed by atoms with Gasteiger partial charge in [0, 0.05) is 19.1 Å². The van der Waals surface area contributed by atoms with Gasteiger partial charge in [0.2, 0.25) is 5.91 Å². The van der Waals surface area contributed by atoms with Gasteiger partial charge in [-0.25, -0.2) is 0 Å². The average molecular weight is 332 g/mol. The van der Waals surface area contributed by atoms with Crippen molar-refractivity contribution in [2.24, 2.45) is 11.3 Å². The summed E-state index contributed by atoms with van der Waals surface area (Å²) in [5.41, 5.74) is -1.16. The molecule has 0 aliphatic heterocycles. The molecule has 2 rings (SSSR count). The van der Waals surface area contributed by atoms with Gasteiger partial charge in [-0.05, 0) is 51.0 Å². The van der Waals surface area contributed by atoms with E-state index < -0.39 is 11.0 Å².